The summed E-state index contributed by atoms with van der Waals surface area (Å²) >= 11 is 17.9. The number of non-ortho nitro benzene ring substituents is 1. The number of benzene rings is 2. The summed E-state index contributed by atoms with van der Waals surface area (Å²) in [6.07, 6.45) is 1.46. The molecule has 0 aliphatic heterocycles. The Morgan fingerprint density at radius 3 is 2.50 bits per heavy atom. The van der Waals surface area contributed by atoms with Gasteiger partial charge in [-0.3, -0.25) is 15.5 Å². The van der Waals surface area contributed by atoms with Crippen molar-refractivity contribution in [3.05, 3.63) is 79.5 Å². The van der Waals surface area contributed by atoms with Gasteiger partial charge in [0.2, 0.25) is 0 Å². The average Bonchev–Trinajstić information content (AvgIpc) is 3.07. The van der Waals surface area contributed by atoms with Gasteiger partial charge in [-0.15, -0.1) is 0 Å². The van der Waals surface area contributed by atoms with Crippen molar-refractivity contribution in [1.82, 2.24) is 0 Å². The lowest BCUT2D eigenvalue weighted by atomic mass is 10.1. The molecule has 9 heteroatoms. The van der Waals surface area contributed by atoms with E-state index >= 15 is 0 Å². The molecular formula is C17H10Cl3N3O3. The molecule has 0 saturated carbocycles. The molecule has 0 fully saturated rings. The molecule has 0 radical (unpaired) electrons. The summed E-state index contributed by atoms with van der Waals surface area (Å²) in [7, 11) is 0. The fraction of sp³-hybridized carbons (Fsp3) is 0. The Hall–Kier alpha value is -2.54. The maximum atomic E-state index is 10.9. The van der Waals surface area contributed by atoms with Crippen LogP contribution in [0.4, 0.5) is 11.4 Å². The molecule has 0 bridgehead atoms. The number of halogens is 3. The average molecular weight is 411 g/mol. The van der Waals surface area contributed by atoms with Crippen LogP contribution in [0.25, 0.3) is 11.3 Å². The molecule has 0 amide bonds. The Kier molecular flexibility index (Phi) is 5.46. The van der Waals surface area contributed by atoms with Crippen LogP contribution < -0.4 is 5.43 Å². The number of nitrogens with zero attached hydrogens (tertiary/aromatic N) is 2. The highest BCUT2D eigenvalue weighted by Crippen LogP contribution is 2.32. The molecule has 3 rings (SSSR count). The topological polar surface area (TPSA) is 80.7 Å². The summed E-state index contributed by atoms with van der Waals surface area (Å²) in [6.45, 7) is 0. The van der Waals surface area contributed by atoms with E-state index in [4.69, 9.17) is 39.2 Å². The van der Waals surface area contributed by atoms with Crippen LogP contribution in [0.5, 0.6) is 0 Å². The van der Waals surface area contributed by atoms with Crippen molar-refractivity contribution < 1.29 is 9.34 Å². The van der Waals surface area contributed by atoms with E-state index in [0.717, 1.165) is 0 Å². The molecule has 0 atom stereocenters. The molecule has 3 aromatic rings. The molecule has 0 aliphatic rings. The molecule has 1 heterocycles. The maximum absolute atomic E-state index is 10.9. The van der Waals surface area contributed by atoms with Crippen LogP contribution in [0.2, 0.25) is 15.1 Å². The number of nitro benzene ring substituents is 1. The molecule has 0 unspecified atom stereocenters. The van der Waals surface area contributed by atoms with E-state index in [9.17, 15) is 10.1 Å². The van der Waals surface area contributed by atoms with Crippen LogP contribution in [0.1, 0.15) is 5.76 Å². The summed E-state index contributed by atoms with van der Waals surface area (Å²) in [5.41, 5.74) is 3.81. The van der Waals surface area contributed by atoms with Crippen LogP contribution in [0.3, 0.4) is 0 Å². The Bertz CT molecular complexity index is 1000. The smallest absolute Gasteiger partial charge is 0.270 e. The monoisotopic (exact) mass is 409 g/mol. The largest absolute Gasteiger partial charge is 0.455 e. The van der Waals surface area contributed by atoms with Gasteiger partial charge in [0.1, 0.15) is 11.5 Å². The number of hydrazone groups is 1. The number of hydrogen-bond donors (Lipinski definition) is 1. The van der Waals surface area contributed by atoms with Crippen LogP contribution in [0, 0.1) is 10.1 Å². The zero-order valence-corrected chi connectivity index (χ0v) is 15.2. The van der Waals surface area contributed by atoms with Gasteiger partial charge in [0.05, 0.1) is 31.9 Å². The summed E-state index contributed by atoms with van der Waals surface area (Å²) in [5.74, 6) is 0.838. The number of rotatable bonds is 5. The van der Waals surface area contributed by atoms with Crippen molar-refractivity contribution in [2.24, 2.45) is 5.10 Å². The van der Waals surface area contributed by atoms with Crippen LogP contribution >= 0.6 is 34.8 Å². The van der Waals surface area contributed by atoms with E-state index in [1.54, 1.807) is 30.3 Å². The van der Waals surface area contributed by atoms with Gasteiger partial charge in [0.15, 0.2) is 0 Å². The van der Waals surface area contributed by atoms with Crippen LogP contribution in [-0.4, -0.2) is 11.1 Å². The minimum atomic E-state index is -0.494. The minimum Gasteiger partial charge on any atom is -0.455 e. The van der Waals surface area contributed by atoms with E-state index < -0.39 is 4.92 Å². The van der Waals surface area contributed by atoms with Crippen molar-refractivity contribution in [2.45, 2.75) is 0 Å². The van der Waals surface area contributed by atoms with Gasteiger partial charge in [-0.2, -0.15) is 5.10 Å². The fourth-order valence-corrected chi connectivity index (χ4v) is 2.63. The third kappa shape index (κ3) is 4.16. The number of hydrogen-bond acceptors (Lipinski definition) is 5. The van der Waals surface area contributed by atoms with Gasteiger partial charge < -0.3 is 4.42 Å². The van der Waals surface area contributed by atoms with E-state index in [2.05, 4.69) is 10.5 Å². The van der Waals surface area contributed by atoms with Gasteiger partial charge in [0, 0.05) is 17.7 Å². The lowest BCUT2D eigenvalue weighted by Crippen LogP contribution is -1.90. The zero-order chi connectivity index (χ0) is 18.7. The lowest BCUT2D eigenvalue weighted by Gasteiger charge is -2.01. The first-order valence-electron chi connectivity index (χ1n) is 7.22. The molecule has 132 valence electrons. The summed E-state index contributed by atoms with van der Waals surface area (Å²) in [6, 6.07) is 12.5. The Morgan fingerprint density at radius 1 is 1.00 bits per heavy atom. The second kappa shape index (κ2) is 7.78. The lowest BCUT2D eigenvalue weighted by molar-refractivity contribution is -0.384. The van der Waals surface area contributed by atoms with E-state index in [0.29, 0.717) is 37.8 Å². The van der Waals surface area contributed by atoms with E-state index in [-0.39, 0.29) is 5.69 Å². The number of anilines is 1. The molecule has 1 N–H and O–H groups in total. The molecule has 26 heavy (non-hydrogen) atoms. The van der Waals surface area contributed by atoms with Crippen molar-refractivity contribution in [3.63, 3.8) is 0 Å². The summed E-state index contributed by atoms with van der Waals surface area (Å²) < 4.78 is 5.62. The molecule has 0 saturated heterocycles. The van der Waals surface area contributed by atoms with Gasteiger partial charge in [0.25, 0.3) is 5.69 Å². The van der Waals surface area contributed by atoms with E-state index in [1.165, 1.54) is 24.4 Å². The highest BCUT2D eigenvalue weighted by Gasteiger charge is 2.14. The molecule has 1 aromatic heterocycles. The predicted octanol–water partition coefficient (Wildman–Crippen LogP) is 6.26. The summed E-state index contributed by atoms with van der Waals surface area (Å²) in [5, 5.41) is 16.2. The first-order chi connectivity index (χ1) is 12.4. The van der Waals surface area contributed by atoms with Crippen molar-refractivity contribution in [1.29, 1.82) is 0 Å². The highest BCUT2D eigenvalue weighted by molar-refractivity contribution is 6.42. The predicted molar refractivity (Wildman–Crippen MR) is 103 cm³/mol. The van der Waals surface area contributed by atoms with Crippen LogP contribution in [0.15, 0.2) is 58.0 Å². The Balaban J connectivity index is 1.76. The van der Waals surface area contributed by atoms with Gasteiger partial charge in [-0.1, -0.05) is 34.8 Å². The molecule has 2 aromatic carbocycles. The Morgan fingerprint density at radius 2 is 1.77 bits per heavy atom. The van der Waals surface area contributed by atoms with Crippen molar-refractivity contribution in [2.75, 3.05) is 5.43 Å². The fourth-order valence-electron chi connectivity index (χ4n) is 2.12. The van der Waals surface area contributed by atoms with Gasteiger partial charge >= 0.3 is 0 Å². The Labute approximate surface area is 163 Å². The first kappa shape index (κ1) is 18.3. The normalized spacial score (nSPS) is 11.0. The quantitative estimate of drug-likeness (QED) is 0.306. The van der Waals surface area contributed by atoms with E-state index in [1.807, 2.05) is 0 Å². The summed E-state index contributed by atoms with van der Waals surface area (Å²) in [4.78, 5) is 10.4. The SMILES string of the molecule is O=[N+]([O-])c1ccc(Cl)c(-c2ccc(/C=N\Nc3ccc(Cl)c(Cl)c3)o2)c1. The minimum absolute atomic E-state index is 0.0719. The number of furan rings is 1. The molecule has 0 aliphatic carbocycles. The standard InChI is InChI=1S/C17H10Cl3N3O3/c18-14-5-2-11(23(24)25)8-13(14)17-6-3-12(26-17)9-21-22-10-1-4-15(19)16(20)7-10/h1-9,22H/b21-9-. The van der Waals surface area contributed by atoms with Gasteiger partial charge in [-0.25, -0.2) is 0 Å². The highest BCUT2D eigenvalue weighted by atomic mass is 35.5. The van der Waals surface area contributed by atoms with Crippen molar-refractivity contribution in [3.8, 4) is 11.3 Å². The molecule has 6 nitrogen and oxygen atoms in total. The molecular weight excluding hydrogens is 401 g/mol. The molecule has 0 spiro atoms. The van der Waals surface area contributed by atoms with Gasteiger partial charge in [-0.05, 0) is 36.4 Å². The second-order valence-electron chi connectivity index (χ2n) is 5.12. The zero-order valence-electron chi connectivity index (χ0n) is 12.9. The third-order valence-electron chi connectivity index (χ3n) is 3.36. The first-order valence-corrected chi connectivity index (χ1v) is 8.36. The van der Waals surface area contributed by atoms with Crippen molar-refractivity contribution >= 4 is 52.4 Å². The second-order valence-corrected chi connectivity index (χ2v) is 6.34. The maximum Gasteiger partial charge on any atom is 0.270 e. The van der Waals surface area contributed by atoms with Crippen LogP contribution in [-0.2, 0) is 0 Å². The number of nitrogens with one attached hydrogen (secondary N) is 1. The number of nitro groups is 1. The third-order valence-corrected chi connectivity index (χ3v) is 4.43.